The van der Waals surface area contributed by atoms with Gasteiger partial charge in [-0.1, -0.05) is 11.3 Å². The van der Waals surface area contributed by atoms with Gasteiger partial charge in [-0.2, -0.15) is 5.26 Å². The van der Waals surface area contributed by atoms with Crippen LogP contribution in [0.4, 0.5) is 10.1 Å². The van der Waals surface area contributed by atoms with Gasteiger partial charge in [0.25, 0.3) is 0 Å². The van der Waals surface area contributed by atoms with E-state index in [1.165, 1.54) is 11.3 Å². The molecule has 3 heterocycles. The molecule has 2 aliphatic rings. The van der Waals surface area contributed by atoms with E-state index in [0.717, 1.165) is 11.5 Å². The van der Waals surface area contributed by atoms with Crippen LogP contribution in [0, 0.1) is 17.4 Å². The Balaban J connectivity index is 1.58. The Morgan fingerprint density at radius 1 is 1.48 bits per heavy atom. The fraction of sp³-hybridized carbons (Fsp3) is 0.571. The van der Waals surface area contributed by atoms with Gasteiger partial charge in [-0.3, -0.25) is 9.59 Å². The zero-order valence-electron chi connectivity index (χ0n) is 12.6. The van der Waals surface area contributed by atoms with Crippen molar-refractivity contribution in [3.63, 3.8) is 0 Å². The van der Waals surface area contributed by atoms with Gasteiger partial charge in [0.05, 0.1) is 12.1 Å². The molecular weight excluding hydrogens is 316 g/mol. The van der Waals surface area contributed by atoms with E-state index in [1.807, 2.05) is 0 Å². The lowest BCUT2D eigenvalue weighted by Gasteiger charge is -2.18. The maximum Gasteiger partial charge on any atom is 0.231 e. The fourth-order valence-corrected chi connectivity index (χ4v) is 3.60. The summed E-state index contributed by atoms with van der Waals surface area (Å²) in [6.45, 7) is 3.11. The molecule has 1 unspecified atom stereocenters. The monoisotopic (exact) mass is 334 g/mol. The molecule has 2 amide bonds. The third-order valence-corrected chi connectivity index (χ3v) is 5.02. The molecule has 0 bridgehead atoms. The van der Waals surface area contributed by atoms with E-state index < -0.39 is 0 Å². The first-order chi connectivity index (χ1) is 11.2. The van der Waals surface area contributed by atoms with E-state index in [0.29, 0.717) is 44.2 Å². The van der Waals surface area contributed by atoms with Crippen molar-refractivity contribution in [3.05, 3.63) is 6.20 Å². The van der Waals surface area contributed by atoms with Crippen LogP contribution in [0.2, 0.25) is 0 Å². The van der Waals surface area contributed by atoms with Gasteiger partial charge in [0.15, 0.2) is 11.3 Å². The molecule has 2 N–H and O–H groups in total. The second-order valence-electron chi connectivity index (χ2n) is 5.61. The summed E-state index contributed by atoms with van der Waals surface area (Å²) < 4.78 is 0. The molecule has 0 radical (unpaired) electrons. The summed E-state index contributed by atoms with van der Waals surface area (Å²) in [7, 11) is 0. The third kappa shape index (κ3) is 3.71. The predicted octanol–water partition coefficient (Wildman–Crippen LogP) is 0.211. The second kappa shape index (κ2) is 6.83. The van der Waals surface area contributed by atoms with Gasteiger partial charge in [0.2, 0.25) is 11.8 Å². The zero-order chi connectivity index (χ0) is 16.2. The third-order valence-electron chi connectivity index (χ3n) is 4.05. The number of hydrogen-bond acceptors (Lipinski definition) is 7. The highest BCUT2D eigenvalue weighted by molar-refractivity contribution is 7.19. The molecule has 0 spiro atoms. The minimum atomic E-state index is -0.165. The van der Waals surface area contributed by atoms with Crippen LogP contribution < -0.4 is 15.5 Å². The number of likely N-dealkylation sites (tertiary alicyclic amines) is 1. The minimum Gasteiger partial charge on any atom is -0.360 e. The molecule has 2 aliphatic heterocycles. The maximum atomic E-state index is 12.2. The van der Waals surface area contributed by atoms with Crippen molar-refractivity contribution < 1.29 is 9.59 Å². The summed E-state index contributed by atoms with van der Waals surface area (Å²) in [5.74, 6) is -0.188. The number of hydrogen-bond donors (Lipinski definition) is 2. The average molecular weight is 334 g/mol. The molecular formula is C14H18N6O2S. The summed E-state index contributed by atoms with van der Waals surface area (Å²) in [5.41, 5.74) is 0. The highest BCUT2D eigenvalue weighted by Gasteiger charge is 2.28. The molecule has 8 nitrogen and oxygen atoms in total. The Kier molecular flexibility index (Phi) is 4.62. The summed E-state index contributed by atoms with van der Waals surface area (Å²) in [6.07, 6.45) is 4.95. The molecule has 2 saturated heterocycles. The van der Waals surface area contributed by atoms with Crippen LogP contribution in [0.25, 0.3) is 0 Å². The lowest BCUT2D eigenvalue weighted by Crippen LogP contribution is -2.27. The summed E-state index contributed by atoms with van der Waals surface area (Å²) >= 11 is 1.41. The normalized spacial score (nSPS) is 21.5. The number of carbonyl (C=O) groups is 2. The summed E-state index contributed by atoms with van der Waals surface area (Å²) in [5, 5.41) is 16.0. The largest absolute Gasteiger partial charge is 0.360 e. The first-order valence-electron chi connectivity index (χ1n) is 7.58. The maximum absolute atomic E-state index is 12.2. The summed E-state index contributed by atoms with van der Waals surface area (Å²) in [6, 6.07) is 0. The lowest BCUT2D eigenvalue weighted by molar-refractivity contribution is -0.120. The van der Waals surface area contributed by atoms with E-state index in [1.54, 1.807) is 11.1 Å². The number of anilines is 2. The van der Waals surface area contributed by atoms with Crippen LogP contribution in [0.15, 0.2) is 6.20 Å². The van der Waals surface area contributed by atoms with E-state index in [2.05, 4.69) is 26.7 Å². The van der Waals surface area contributed by atoms with Crippen LogP contribution >= 0.6 is 11.3 Å². The SMILES string of the molecule is N#CN1CCC(C(=O)Nc2ncc(N3CCNC(=O)CC3)s2)C1. The van der Waals surface area contributed by atoms with Gasteiger partial charge >= 0.3 is 0 Å². The molecule has 0 aromatic carbocycles. The van der Waals surface area contributed by atoms with Crippen LogP contribution in [0.3, 0.4) is 0 Å². The number of aromatic nitrogens is 1. The average Bonchev–Trinajstić information content (AvgIpc) is 3.15. The number of thiazole rings is 1. The van der Waals surface area contributed by atoms with Gasteiger partial charge in [0.1, 0.15) is 5.00 Å². The topological polar surface area (TPSA) is 101 Å². The van der Waals surface area contributed by atoms with Crippen LogP contribution in [-0.2, 0) is 9.59 Å². The van der Waals surface area contributed by atoms with Crippen molar-refractivity contribution in [1.29, 1.82) is 5.26 Å². The number of amides is 2. The quantitative estimate of drug-likeness (QED) is 0.766. The molecule has 0 saturated carbocycles. The molecule has 9 heteroatoms. The van der Waals surface area contributed by atoms with Crippen molar-refractivity contribution in [2.75, 3.05) is 42.9 Å². The van der Waals surface area contributed by atoms with E-state index in [9.17, 15) is 9.59 Å². The van der Waals surface area contributed by atoms with Gasteiger partial charge in [-0.15, -0.1) is 0 Å². The molecule has 1 atom stereocenters. The minimum absolute atomic E-state index is 0.0637. The van der Waals surface area contributed by atoms with E-state index >= 15 is 0 Å². The highest BCUT2D eigenvalue weighted by Crippen LogP contribution is 2.28. The Labute approximate surface area is 138 Å². The molecule has 23 heavy (non-hydrogen) atoms. The first kappa shape index (κ1) is 15.6. The van der Waals surface area contributed by atoms with E-state index in [4.69, 9.17) is 5.26 Å². The fourth-order valence-electron chi connectivity index (χ4n) is 2.73. The van der Waals surface area contributed by atoms with Gasteiger partial charge < -0.3 is 20.4 Å². The molecule has 1 aromatic rings. The zero-order valence-corrected chi connectivity index (χ0v) is 13.4. The van der Waals surface area contributed by atoms with Crippen molar-refractivity contribution >= 4 is 33.3 Å². The number of nitrogens with zero attached hydrogens (tertiary/aromatic N) is 4. The standard InChI is InChI=1S/C14H18N6O2S/c15-9-19-4-1-10(8-19)13(22)18-14-17-7-12(23-14)20-5-2-11(21)16-3-6-20/h7,10H,1-6,8H2,(H,16,21)(H,17,18,22). The van der Waals surface area contributed by atoms with Crippen LogP contribution in [0.5, 0.6) is 0 Å². The van der Waals surface area contributed by atoms with Gasteiger partial charge in [-0.05, 0) is 6.42 Å². The molecule has 3 rings (SSSR count). The van der Waals surface area contributed by atoms with Crippen molar-refractivity contribution in [2.24, 2.45) is 5.92 Å². The number of nitriles is 1. The molecule has 122 valence electrons. The highest BCUT2D eigenvalue weighted by atomic mass is 32.1. The van der Waals surface area contributed by atoms with Crippen molar-refractivity contribution in [3.8, 4) is 6.19 Å². The van der Waals surface area contributed by atoms with Crippen LogP contribution in [0.1, 0.15) is 12.8 Å². The Hall–Kier alpha value is -2.34. The second-order valence-corrected chi connectivity index (χ2v) is 6.62. The first-order valence-corrected chi connectivity index (χ1v) is 8.40. The molecule has 0 aliphatic carbocycles. The van der Waals surface area contributed by atoms with Gasteiger partial charge in [-0.25, -0.2) is 4.98 Å². The number of nitrogens with one attached hydrogen (secondary N) is 2. The summed E-state index contributed by atoms with van der Waals surface area (Å²) in [4.78, 5) is 31.5. The smallest absolute Gasteiger partial charge is 0.231 e. The van der Waals surface area contributed by atoms with Crippen LogP contribution in [-0.4, -0.2) is 54.4 Å². The Morgan fingerprint density at radius 3 is 3.13 bits per heavy atom. The lowest BCUT2D eigenvalue weighted by atomic mass is 10.1. The number of rotatable bonds is 3. The molecule has 1 aromatic heterocycles. The predicted molar refractivity (Wildman–Crippen MR) is 85.9 cm³/mol. The van der Waals surface area contributed by atoms with Gasteiger partial charge in [0, 0.05) is 39.1 Å². The molecule has 2 fully saturated rings. The van der Waals surface area contributed by atoms with E-state index in [-0.39, 0.29) is 17.7 Å². The van der Waals surface area contributed by atoms with Crippen molar-refractivity contribution in [1.82, 2.24) is 15.2 Å². The Bertz CT molecular complexity index is 639. The number of carbonyl (C=O) groups excluding carboxylic acids is 2. The van der Waals surface area contributed by atoms with Crippen molar-refractivity contribution in [2.45, 2.75) is 12.8 Å². The Morgan fingerprint density at radius 2 is 2.35 bits per heavy atom.